The predicted octanol–water partition coefficient (Wildman–Crippen LogP) is 4.24. The molecule has 0 unspecified atom stereocenters. The molecule has 11 nitrogen and oxygen atoms in total. The van der Waals surface area contributed by atoms with Gasteiger partial charge in [-0.05, 0) is 67.0 Å². The Balaban J connectivity index is 1.56. The van der Waals surface area contributed by atoms with Crippen LogP contribution < -0.4 is 10.9 Å². The fraction of sp³-hybridized carbons (Fsp3) is 0.324. The Hall–Kier alpha value is -4.74. The van der Waals surface area contributed by atoms with E-state index in [-0.39, 0.29) is 30.7 Å². The number of aromatic nitrogens is 2. The van der Waals surface area contributed by atoms with E-state index in [1.165, 1.54) is 4.57 Å². The largest absolute Gasteiger partial charge is 0.507 e. The van der Waals surface area contributed by atoms with Crippen LogP contribution in [0.15, 0.2) is 47.3 Å². The third-order valence-electron chi connectivity index (χ3n) is 9.68. The zero-order valence-electron chi connectivity index (χ0n) is 25.1. The Labute approximate surface area is 267 Å². The topological polar surface area (TPSA) is 157 Å². The molecule has 236 valence electrons. The van der Waals surface area contributed by atoms with Gasteiger partial charge in [0.15, 0.2) is 0 Å². The number of aliphatic hydroxyl groups is 1. The number of hydrogen-bond acceptors (Lipinski definition) is 8. The van der Waals surface area contributed by atoms with Crippen LogP contribution in [0.2, 0.25) is 5.02 Å². The lowest BCUT2D eigenvalue weighted by Gasteiger charge is -2.41. The fourth-order valence-electron chi connectivity index (χ4n) is 7.59. The molecule has 7 rings (SSSR count). The Morgan fingerprint density at radius 1 is 1.15 bits per heavy atom. The first-order valence-corrected chi connectivity index (χ1v) is 15.4. The zero-order chi connectivity index (χ0) is 32.5. The van der Waals surface area contributed by atoms with Crippen molar-refractivity contribution in [2.75, 3.05) is 6.61 Å². The number of nitrogens with one attached hydrogen (secondary N) is 1. The van der Waals surface area contributed by atoms with Gasteiger partial charge in [0.1, 0.15) is 13.2 Å². The predicted molar refractivity (Wildman–Crippen MR) is 167 cm³/mol. The summed E-state index contributed by atoms with van der Waals surface area (Å²) in [5.74, 6) is -1.43. The number of amides is 1. The molecule has 0 spiro atoms. The van der Waals surface area contributed by atoms with Crippen molar-refractivity contribution in [3.63, 3.8) is 0 Å². The summed E-state index contributed by atoms with van der Waals surface area (Å²) in [6.45, 7) is 2.60. The van der Waals surface area contributed by atoms with E-state index in [0.717, 1.165) is 27.6 Å². The first-order valence-electron chi connectivity index (χ1n) is 15.0. The maximum absolute atomic E-state index is 14.1. The summed E-state index contributed by atoms with van der Waals surface area (Å²) in [5, 5.41) is 24.0. The number of ether oxygens (including phenoxy) is 2. The summed E-state index contributed by atoms with van der Waals surface area (Å²) >= 11 is 6.73. The number of fused-ring (bicyclic) bond motifs is 5. The number of halogens is 1. The van der Waals surface area contributed by atoms with Gasteiger partial charge in [-0.25, -0.2) is 14.6 Å². The second-order valence-electron chi connectivity index (χ2n) is 12.1. The van der Waals surface area contributed by atoms with Gasteiger partial charge in [0.2, 0.25) is 11.5 Å². The van der Waals surface area contributed by atoms with Gasteiger partial charge >= 0.3 is 12.1 Å². The monoisotopic (exact) mass is 643 g/mol. The van der Waals surface area contributed by atoms with Gasteiger partial charge in [-0.1, -0.05) is 48.9 Å². The van der Waals surface area contributed by atoms with Gasteiger partial charge in [-0.3, -0.25) is 9.59 Å². The van der Waals surface area contributed by atoms with Crippen molar-refractivity contribution in [1.29, 1.82) is 0 Å². The minimum atomic E-state index is -2.03. The number of esters is 1. The zero-order valence-corrected chi connectivity index (χ0v) is 25.9. The Morgan fingerprint density at radius 3 is 2.61 bits per heavy atom. The number of rotatable bonds is 6. The van der Waals surface area contributed by atoms with Crippen LogP contribution in [-0.2, 0) is 56.2 Å². The summed E-state index contributed by atoms with van der Waals surface area (Å²) in [6, 6.07) is 13.1. The molecule has 3 aliphatic rings. The molecule has 2 aromatic carbocycles. The van der Waals surface area contributed by atoms with Gasteiger partial charge in [0.25, 0.3) is 5.56 Å². The number of carboxylic acid groups (broad SMARTS) is 1. The van der Waals surface area contributed by atoms with E-state index in [9.17, 15) is 29.4 Å². The van der Waals surface area contributed by atoms with Crippen LogP contribution in [0.3, 0.4) is 0 Å². The summed E-state index contributed by atoms with van der Waals surface area (Å²) in [5.41, 5.74) is 2.53. The van der Waals surface area contributed by atoms with Crippen molar-refractivity contribution in [3.8, 4) is 11.4 Å². The molecule has 46 heavy (non-hydrogen) atoms. The summed E-state index contributed by atoms with van der Waals surface area (Å²) in [6.07, 6.45) is -0.293. The molecule has 1 aliphatic carbocycles. The molecule has 2 atom stereocenters. The smallest absolute Gasteiger partial charge is 0.457 e. The third-order valence-corrected chi connectivity index (χ3v) is 10.1. The number of aliphatic hydroxyl groups excluding tert-OH is 1. The van der Waals surface area contributed by atoms with E-state index in [2.05, 4.69) is 5.32 Å². The maximum Gasteiger partial charge on any atom is 0.507 e. The molecule has 0 radical (unpaired) electrons. The van der Waals surface area contributed by atoms with Crippen molar-refractivity contribution >= 4 is 40.5 Å². The van der Waals surface area contributed by atoms with Crippen molar-refractivity contribution < 1.29 is 34.1 Å². The van der Waals surface area contributed by atoms with E-state index < -0.39 is 41.3 Å². The fourth-order valence-corrected chi connectivity index (χ4v) is 7.81. The second-order valence-corrected chi connectivity index (χ2v) is 12.5. The van der Waals surface area contributed by atoms with Gasteiger partial charge in [0.05, 0.1) is 34.6 Å². The van der Waals surface area contributed by atoms with Gasteiger partial charge in [0, 0.05) is 21.5 Å². The van der Waals surface area contributed by atoms with Crippen LogP contribution in [0.4, 0.5) is 4.79 Å². The van der Waals surface area contributed by atoms with Crippen molar-refractivity contribution in [2.45, 2.75) is 63.8 Å². The summed E-state index contributed by atoms with van der Waals surface area (Å²) in [7, 11) is 0. The highest BCUT2D eigenvalue weighted by Crippen LogP contribution is 2.50. The molecule has 3 N–H and O–H groups in total. The number of hydrogen-bond donors (Lipinski definition) is 3. The van der Waals surface area contributed by atoms with Crippen LogP contribution in [0.5, 0.6) is 0 Å². The van der Waals surface area contributed by atoms with Crippen LogP contribution >= 0.6 is 11.6 Å². The molecule has 0 saturated carbocycles. The number of nitrogens with zero attached hydrogens (tertiary/aromatic N) is 2. The maximum atomic E-state index is 14.1. The summed E-state index contributed by atoms with van der Waals surface area (Å²) < 4.78 is 12.0. The number of aryl methyl sites for hydroxylation is 1. The lowest BCUT2D eigenvalue weighted by atomic mass is 9.70. The molecule has 2 aromatic heterocycles. The van der Waals surface area contributed by atoms with Crippen molar-refractivity contribution in [2.24, 2.45) is 0 Å². The molecule has 1 amide bonds. The standard InChI is InChI=1S/C34H30ClN3O8/c1-3-34(46-32(43)44)22-11-25-29-20(14-38(25)30(41)21(22)16-45-31(34)42)28-27-19(17(2)23(35)12-24(27)36-29)9-10-33(28,37-26(40)15-39)13-18-7-5-4-6-8-18/h4-8,11-12,39H,3,9-10,13-16H2,1-2H3,(H,37,40)(H,43,44)/t33-,34-/m0/s1. The number of pyridine rings is 2. The SMILES string of the molecule is CC[C@@]1(OC(=O)O)C(=O)OCc2c1cc1n(c2=O)Cc2c-1nc1cc(Cl)c(C)c3c1c2[C@](Cc1ccccc1)(NC(=O)CO)CC3. The average Bonchev–Trinajstić information content (AvgIpc) is 3.40. The highest BCUT2D eigenvalue weighted by atomic mass is 35.5. The highest BCUT2D eigenvalue weighted by molar-refractivity contribution is 6.32. The van der Waals surface area contributed by atoms with Gasteiger partial charge < -0.3 is 29.6 Å². The van der Waals surface area contributed by atoms with E-state index in [0.29, 0.717) is 46.8 Å². The second kappa shape index (κ2) is 10.7. The van der Waals surface area contributed by atoms with Crippen molar-refractivity contribution in [1.82, 2.24) is 14.9 Å². The number of benzene rings is 2. The first-order chi connectivity index (χ1) is 22.0. The molecule has 0 fully saturated rings. The Kier molecular flexibility index (Phi) is 6.95. The minimum Gasteiger partial charge on any atom is -0.457 e. The molecule has 4 aromatic rings. The van der Waals surface area contributed by atoms with E-state index in [1.54, 1.807) is 19.1 Å². The van der Waals surface area contributed by atoms with Crippen LogP contribution in [-0.4, -0.2) is 44.4 Å². The van der Waals surface area contributed by atoms with E-state index in [1.807, 2.05) is 37.3 Å². The molecule has 4 heterocycles. The Bertz CT molecular complexity index is 2060. The molecule has 12 heteroatoms. The quantitative estimate of drug-likeness (QED) is 0.230. The van der Waals surface area contributed by atoms with Crippen LogP contribution in [0.25, 0.3) is 22.3 Å². The molecule has 2 aliphatic heterocycles. The van der Waals surface area contributed by atoms with Crippen LogP contribution in [0.1, 0.15) is 58.7 Å². The normalized spacial score (nSPS) is 20.8. The lowest BCUT2D eigenvalue weighted by Crippen LogP contribution is -2.51. The van der Waals surface area contributed by atoms with Gasteiger partial charge in [-0.15, -0.1) is 0 Å². The van der Waals surface area contributed by atoms with Gasteiger partial charge in [-0.2, -0.15) is 0 Å². The highest BCUT2D eigenvalue weighted by Gasteiger charge is 2.51. The Morgan fingerprint density at radius 2 is 1.91 bits per heavy atom. The average molecular weight is 644 g/mol. The number of carbonyl (C=O) groups is 3. The molecule has 0 bridgehead atoms. The van der Waals surface area contributed by atoms with Crippen LogP contribution in [0, 0.1) is 6.92 Å². The minimum absolute atomic E-state index is 0.0943. The molecule has 0 saturated heterocycles. The number of cyclic esters (lactones) is 1. The third kappa shape index (κ3) is 4.25. The molecular formula is C34H30ClN3O8. The summed E-state index contributed by atoms with van der Waals surface area (Å²) in [4.78, 5) is 57.1. The lowest BCUT2D eigenvalue weighted by molar-refractivity contribution is -0.174. The van der Waals surface area contributed by atoms with E-state index >= 15 is 0 Å². The van der Waals surface area contributed by atoms with Crippen molar-refractivity contribution in [3.05, 3.63) is 96.8 Å². The van der Waals surface area contributed by atoms with E-state index in [4.69, 9.17) is 26.1 Å². The molecular weight excluding hydrogens is 614 g/mol. The number of carbonyl (C=O) groups excluding carboxylic acids is 2. The first kappa shape index (κ1) is 29.9.